The maximum Gasteiger partial charge on any atom is 0.0135 e. The highest BCUT2D eigenvalue weighted by atomic mass is 14.7. The van der Waals surface area contributed by atoms with Crippen molar-refractivity contribution in [3.05, 3.63) is 0 Å². The van der Waals surface area contributed by atoms with Gasteiger partial charge in [0.25, 0.3) is 0 Å². The summed E-state index contributed by atoms with van der Waals surface area (Å²) in [6.45, 7) is 4.80. The lowest BCUT2D eigenvalue weighted by Crippen LogP contribution is -2.37. The predicted octanol–water partition coefficient (Wildman–Crippen LogP) is 0.463. The normalized spacial score (nSPS) is 18.0. The van der Waals surface area contributed by atoms with Gasteiger partial charge in [-0.05, 0) is 26.3 Å². The molecule has 2 heteroatoms. The first kappa shape index (κ1) is 7.92. The fourth-order valence-corrected chi connectivity index (χ4v) is 0.507. The van der Waals surface area contributed by atoms with Gasteiger partial charge in [0.2, 0.25) is 0 Å². The topological polar surface area (TPSA) is 52.0 Å². The Morgan fingerprint density at radius 3 is 2.12 bits per heavy atom. The average Bonchev–Trinajstić information content (AvgIpc) is 1.67. The van der Waals surface area contributed by atoms with E-state index in [4.69, 9.17) is 11.5 Å². The largest absolute Gasteiger partial charge is 0.330 e. The van der Waals surface area contributed by atoms with E-state index in [1.165, 1.54) is 0 Å². The van der Waals surface area contributed by atoms with Crippen LogP contribution >= 0.6 is 0 Å². The lowest BCUT2D eigenvalue weighted by Gasteiger charge is -2.20. The van der Waals surface area contributed by atoms with E-state index in [1.807, 2.05) is 6.92 Å². The number of rotatable bonds is 3. The molecule has 0 saturated carbocycles. The minimum absolute atomic E-state index is 0.0330. The van der Waals surface area contributed by atoms with Gasteiger partial charge in [0.05, 0.1) is 0 Å². The Morgan fingerprint density at radius 1 is 1.50 bits per heavy atom. The molecule has 4 N–H and O–H groups in total. The summed E-state index contributed by atoms with van der Waals surface area (Å²) >= 11 is 0. The summed E-state index contributed by atoms with van der Waals surface area (Å²) < 4.78 is 0. The van der Waals surface area contributed by atoms with Crippen LogP contribution in [-0.4, -0.2) is 12.1 Å². The molecule has 1 atom stereocenters. The first-order chi connectivity index (χ1) is 3.62. The highest BCUT2D eigenvalue weighted by molar-refractivity contribution is 4.75. The van der Waals surface area contributed by atoms with Crippen molar-refractivity contribution in [1.29, 1.82) is 0 Å². The molecule has 8 heavy (non-hydrogen) atoms. The fourth-order valence-electron chi connectivity index (χ4n) is 0.507. The second-order valence-electron chi connectivity index (χ2n) is 2.55. The molecule has 0 radical (unpaired) electrons. The van der Waals surface area contributed by atoms with Gasteiger partial charge in [0.1, 0.15) is 0 Å². The van der Waals surface area contributed by atoms with Crippen molar-refractivity contribution >= 4 is 0 Å². The molecular formula is C6H16N2. The minimum Gasteiger partial charge on any atom is -0.330 e. The van der Waals surface area contributed by atoms with Crippen LogP contribution in [0.15, 0.2) is 0 Å². The molecule has 0 saturated heterocycles. The summed E-state index contributed by atoms with van der Waals surface area (Å²) in [6.07, 6.45) is 1.92. The van der Waals surface area contributed by atoms with E-state index in [9.17, 15) is 0 Å². The van der Waals surface area contributed by atoms with Crippen molar-refractivity contribution in [1.82, 2.24) is 0 Å². The zero-order chi connectivity index (χ0) is 6.62. The Hall–Kier alpha value is -0.0800. The molecule has 50 valence electrons. The van der Waals surface area contributed by atoms with Crippen molar-refractivity contribution in [2.75, 3.05) is 6.54 Å². The Morgan fingerprint density at radius 2 is 2.00 bits per heavy atom. The zero-order valence-electron chi connectivity index (χ0n) is 5.78. The Balaban J connectivity index is 3.37. The van der Waals surface area contributed by atoms with Crippen LogP contribution in [-0.2, 0) is 0 Å². The molecule has 0 bridgehead atoms. The van der Waals surface area contributed by atoms with Crippen molar-refractivity contribution in [3.63, 3.8) is 0 Å². The second-order valence-corrected chi connectivity index (χ2v) is 2.55. The summed E-state index contributed by atoms with van der Waals surface area (Å²) in [7, 11) is 0. The standard InChI is InChI=1S/C6H16N2/c1-3-6(2,8)4-5-7/h3-5,7-8H2,1-2H3. The van der Waals surface area contributed by atoms with E-state index in [0.717, 1.165) is 12.8 Å². The van der Waals surface area contributed by atoms with Gasteiger partial charge in [-0.1, -0.05) is 6.92 Å². The fraction of sp³-hybridized carbons (Fsp3) is 1.00. The van der Waals surface area contributed by atoms with Crippen LogP contribution in [0.5, 0.6) is 0 Å². The van der Waals surface area contributed by atoms with Crippen LogP contribution in [0, 0.1) is 0 Å². The third-order valence-electron chi connectivity index (χ3n) is 1.52. The molecule has 0 aromatic rings. The lowest BCUT2D eigenvalue weighted by atomic mass is 9.96. The molecule has 0 aliphatic carbocycles. The summed E-state index contributed by atoms with van der Waals surface area (Å²) in [5, 5.41) is 0. The van der Waals surface area contributed by atoms with Crippen LogP contribution < -0.4 is 11.5 Å². The monoisotopic (exact) mass is 116 g/mol. The third-order valence-corrected chi connectivity index (χ3v) is 1.52. The van der Waals surface area contributed by atoms with E-state index in [-0.39, 0.29) is 5.54 Å². The van der Waals surface area contributed by atoms with E-state index < -0.39 is 0 Å². The Kier molecular flexibility index (Phi) is 3.02. The minimum atomic E-state index is -0.0330. The van der Waals surface area contributed by atoms with Gasteiger partial charge in [0, 0.05) is 5.54 Å². The molecule has 1 unspecified atom stereocenters. The molecule has 0 aliphatic heterocycles. The highest BCUT2D eigenvalue weighted by Crippen LogP contribution is 2.07. The molecule has 0 spiro atoms. The molecule has 0 aromatic heterocycles. The molecular weight excluding hydrogens is 100 g/mol. The van der Waals surface area contributed by atoms with Gasteiger partial charge in [0.15, 0.2) is 0 Å². The van der Waals surface area contributed by atoms with Crippen molar-refractivity contribution in [2.45, 2.75) is 32.2 Å². The summed E-state index contributed by atoms with van der Waals surface area (Å²) in [4.78, 5) is 0. The predicted molar refractivity (Wildman–Crippen MR) is 36.6 cm³/mol. The highest BCUT2D eigenvalue weighted by Gasteiger charge is 2.12. The van der Waals surface area contributed by atoms with Gasteiger partial charge < -0.3 is 11.5 Å². The molecule has 2 nitrogen and oxygen atoms in total. The quantitative estimate of drug-likeness (QED) is 0.563. The van der Waals surface area contributed by atoms with E-state index in [0.29, 0.717) is 6.54 Å². The summed E-state index contributed by atoms with van der Waals surface area (Å²) in [5.74, 6) is 0. The van der Waals surface area contributed by atoms with E-state index >= 15 is 0 Å². The molecule has 0 amide bonds. The van der Waals surface area contributed by atoms with Gasteiger partial charge >= 0.3 is 0 Å². The maximum absolute atomic E-state index is 5.75. The Labute approximate surface area is 51.2 Å². The third kappa shape index (κ3) is 2.99. The first-order valence-electron chi connectivity index (χ1n) is 3.11. The molecule has 0 aliphatic rings. The summed E-state index contributed by atoms with van der Waals surface area (Å²) in [6, 6.07) is 0. The molecule has 0 heterocycles. The number of hydrogen-bond acceptors (Lipinski definition) is 2. The second kappa shape index (κ2) is 3.05. The zero-order valence-corrected chi connectivity index (χ0v) is 5.78. The van der Waals surface area contributed by atoms with Gasteiger partial charge in [-0.3, -0.25) is 0 Å². The lowest BCUT2D eigenvalue weighted by molar-refractivity contribution is 0.425. The van der Waals surface area contributed by atoms with Crippen LogP contribution in [0.3, 0.4) is 0 Å². The average molecular weight is 116 g/mol. The van der Waals surface area contributed by atoms with Crippen LogP contribution in [0.25, 0.3) is 0 Å². The molecule has 0 aromatic carbocycles. The van der Waals surface area contributed by atoms with Crippen LogP contribution in [0.1, 0.15) is 26.7 Å². The van der Waals surface area contributed by atoms with Crippen LogP contribution in [0.4, 0.5) is 0 Å². The maximum atomic E-state index is 5.75. The van der Waals surface area contributed by atoms with Crippen molar-refractivity contribution < 1.29 is 0 Å². The van der Waals surface area contributed by atoms with E-state index in [2.05, 4.69) is 6.92 Å². The number of nitrogens with two attached hydrogens (primary N) is 2. The van der Waals surface area contributed by atoms with Crippen molar-refractivity contribution in [2.24, 2.45) is 11.5 Å². The van der Waals surface area contributed by atoms with Crippen LogP contribution in [0.2, 0.25) is 0 Å². The number of hydrogen-bond donors (Lipinski definition) is 2. The Bertz CT molecular complexity index is 59.5. The summed E-state index contributed by atoms with van der Waals surface area (Å²) in [5.41, 5.74) is 11.0. The van der Waals surface area contributed by atoms with Gasteiger partial charge in [-0.15, -0.1) is 0 Å². The van der Waals surface area contributed by atoms with Gasteiger partial charge in [-0.25, -0.2) is 0 Å². The van der Waals surface area contributed by atoms with E-state index in [1.54, 1.807) is 0 Å². The SMILES string of the molecule is CCC(C)(N)CCN. The van der Waals surface area contributed by atoms with Crippen molar-refractivity contribution in [3.8, 4) is 0 Å². The smallest absolute Gasteiger partial charge is 0.0135 e. The molecule has 0 fully saturated rings. The first-order valence-corrected chi connectivity index (χ1v) is 3.11. The molecule has 0 rings (SSSR count). The van der Waals surface area contributed by atoms with Gasteiger partial charge in [-0.2, -0.15) is 0 Å².